The van der Waals surface area contributed by atoms with E-state index in [1.165, 1.54) is 22.2 Å². The number of anilines is 2. The van der Waals surface area contributed by atoms with Gasteiger partial charge >= 0.3 is 6.09 Å². The van der Waals surface area contributed by atoms with Crippen LogP contribution in [-0.4, -0.2) is 20.6 Å². The minimum atomic E-state index is -0.420. The number of rotatable bonds is 3. The van der Waals surface area contributed by atoms with Gasteiger partial charge in [0.1, 0.15) is 12.4 Å². The van der Waals surface area contributed by atoms with E-state index in [2.05, 4.69) is 15.3 Å². The third-order valence-electron chi connectivity index (χ3n) is 3.95. The molecule has 0 radical (unpaired) electrons. The van der Waals surface area contributed by atoms with Crippen LogP contribution in [0.25, 0.3) is 0 Å². The van der Waals surface area contributed by atoms with Crippen LogP contribution in [0.15, 0.2) is 43.0 Å². The zero-order chi connectivity index (χ0) is 17.2. The van der Waals surface area contributed by atoms with E-state index in [4.69, 9.17) is 16.3 Å². The average molecular weight is 375 g/mol. The number of nitrogens with one attached hydrogen (secondary N) is 1. The maximum absolute atomic E-state index is 12.2. The van der Waals surface area contributed by atoms with Crippen LogP contribution in [-0.2, 0) is 11.2 Å². The number of carbonyl (C=O) groups is 1. The lowest BCUT2D eigenvalue weighted by Gasteiger charge is -2.21. The van der Waals surface area contributed by atoms with E-state index in [0.29, 0.717) is 5.02 Å². The second-order valence-electron chi connectivity index (χ2n) is 5.70. The van der Waals surface area contributed by atoms with Gasteiger partial charge in [0.05, 0.1) is 10.6 Å². The number of imidazole rings is 1. The van der Waals surface area contributed by atoms with Crippen molar-refractivity contribution in [1.82, 2.24) is 14.5 Å². The van der Waals surface area contributed by atoms with E-state index in [1.807, 2.05) is 24.3 Å². The van der Waals surface area contributed by atoms with Crippen molar-refractivity contribution in [3.63, 3.8) is 0 Å². The predicted octanol–water partition coefficient (Wildman–Crippen LogP) is 4.80. The number of nitrogens with zero attached hydrogens (tertiary/aromatic N) is 3. The van der Waals surface area contributed by atoms with E-state index in [9.17, 15) is 4.79 Å². The lowest BCUT2D eigenvalue weighted by atomic mass is 10.0. The molecular formula is C17H15ClN4O2S. The summed E-state index contributed by atoms with van der Waals surface area (Å²) < 4.78 is 6.99. The highest BCUT2D eigenvalue weighted by Gasteiger charge is 2.28. The Morgan fingerprint density at radius 2 is 2.20 bits per heavy atom. The van der Waals surface area contributed by atoms with Crippen LogP contribution in [0.2, 0.25) is 5.02 Å². The van der Waals surface area contributed by atoms with Crippen LogP contribution in [0.3, 0.4) is 0 Å². The molecule has 1 atom stereocenters. The molecule has 8 heteroatoms. The van der Waals surface area contributed by atoms with E-state index >= 15 is 0 Å². The van der Waals surface area contributed by atoms with Crippen LogP contribution in [0.4, 0.5) is 15.6 Å². The Bertz CT molecular complexity index is 877. The molecule has 0 aliphatic heterocycles. The van der Waals surface area contributed by atoms with Crippen molar-refractivity contribution in [3.05, 3.63) is 58.6 Å². The Balaban J connectivity index is 1.52. The highest BCUT2D eigenvalue weighted by Crippen LogP contribution is 2.39. The molecule has 1 unspecified atom stereocenters. The van der Waals surface area contributed by atoms with Gasteiger partial charge in [0.15, 0.2) is 5.13 Å². The second-order valence-corrected chi connectivity index (χ2v) is 7.16. The maximum Gasteiger partial charge on any atom is 0.419 e. The quantitative estimate of drug-likeness (QED) is 0.713. The van der Waals surface area contributed by atoms with Crippen molar-refractivity contribution >= 4 is 39.8 Å². The van der Waals surface area contributed by atoms with Crippen LogP contribution < -0.4 is 5.32 Å². The molecule has 4 rings (SSSR count). The molecule has 1 aliphatic carbocycles. The van der Waals surface area contributed by atoms with E-state index in [0.717, 1.165) is 40.7 Å². The highest BCUT2D eigenvalue weighted by molar-refractivity contribution is 7.15. The SMILES string of the molecule is O=C(OC1CCCc2nc(Nc3ccc(Cl)cc3)sc21)n1ccnc1. The number of carbonyl (C=O) groups excluding carboxylic acids is 1. The van der Waals surface area contributed by atoms with Crippen LogP contribution >= 0.6 is 22.9 Å². The summed E-state index contributed by atoms with van der Waals surface area (Å²) in [5.74, 6) is 0. The Kier molecular flexibility index (Phi) is 4.42. The minimum Gasteiger partial charge on any atom is -0.440 e. The summed E-state index contributed by atoms with van der Waals surface area (Å²) in [6.45, 7) is 0. The second kappa shape index (κ2) is 6.85. The van der Waals surface area contributed by atoms with Crippen molar-refractivity contribution in [2.45, 2.75) is 25.4 Å². The van der Waals surface area contributed by atoms with E-state index < -0.39 is 6.09 Å². The van der Waals surface area contributed by atoms with Gasteiger partial charge in [-0.2, -0.15) is 0 Å². The van der Waals surface area contributed by atoms with Crippen molar-refractivity contribution in [1.29, 1.82) is 0 Å². The molecule has 0 amide bonds. The zero-order valence-corrected chi connectivity index (χ0v) is 14.8. The molecule has 25 heavy (non-hydrogen) atoms. The predicted molar refractivity (Wildman–Crippen MR) is 96.6 cm³/mol. The van der Waals surface area contributed by atoms with Crippen LogP contribution in [0.5, 0.6) is 0 Å². The van der Waals surface area contributed by atoms with Gasteiger partial charge < -0.3 is 10.1 Å². The standard InChI is InChI=1S/C17H15ClN4O2S/c18-11-4-6-12(7-5-11)20-16-21-13-2-1-3-14(15(13)25-16)24-17(23)22-9-8-19-10-22/h4-10,14H,1-3H2,(H,20,21). The van der Waals surface area contributed by atoms with Gasteiger partial charge in [0.2, 0.25) is 0 Å². The van der Waals surface area contributed by atoms with Crippen LogP contribution in [0, 0.1) is 0 Å². The first-order valence-corrected chi connectivity index (χ1v) is 9.09. The number of ether oxygens (including phenoxy) is 1. The molecule has 0 bridgehead atoms. The zero-order valence-electron chi connectivity index (χ0n) is 13.2. The minimum absolute atomic E-state index is 0.267. The molecule has 128 valence electrons. The number of aromatic nitrogens is 3. The molecule has 3 aromatic rings. The summed E-state index contributed by atoms with van der Waals surface area (Å²) >= 11 is 7.44. The van der Waals surface area contributed by atoms with Crippen molar-refractivity contribution in [3.8, 4) is 0 Å². The van der Waals surface area contributed by atoms with Gasteiger partial charge in [0, 0.05) is 23.1 Å². The Morgan fingerprint density at radius 1 is 1.36 bits per heavy atom. The van der Waals surface area contributed by atoms with Crippen molar-refractivity contribution in [2.75, 3.05) is 5.32 Å². The summed E-state index contributed by atoms with van der Waals surface area (Å²) in [5.41, 5.74) is 1.92. The monoisotopic (exact) mass is 374 g/mol. The molecule has 0 fully saturated rings. The first-order valence-electron chi connectivity index (χ1n) is 7.90. The summed E-state index contributed by atoms with van der Waals surface area (Å²) in [7, 11) is 0. The number of hydrogen-bond donors (Lipinski definition) is 1. The van der Waals surface area contributed by atoms with Crippen molar-refractivity contribution in [2.24, 2.45) is 0 Å². The third-order valence-corrected chi connectivity index (χ3v) is 5.31. The van der Waals surface area contributed by atoms with Gasteiger partial charge in [-0.3, -0.25) is 0 Å². The molecule has 2 heterocycles. The first kappa shape index (κ1) is 16.1. The summed E-state index contributed by atoms with van der Waals surface area (Å²) in [4.78, 5) is 21.7. The number of aryl methyl sites for hydroxylation is 1. The molecule has 0 spiro atoms. The summed E-state index contributed by atoms with van der Waals surface area (Å²) in [6, 6.07) is 7.46. The highest BCUT2D eigenvalue weighted by atomic mass is 35.5. The number of hydrogen-bond acceptors (Lipinski definition) is 6. The third kappa shape index (κ3) is 3.52. The maximum atomic E-state index is 12.2. The fraction of sp³-hybridized carbons (Fsp3) is 0.235. The lowest BCUT2D eigenvalue weighted by molar-refractivity contribution is 0.0904. The summed E-state index contributed by atoms with van der Waals surface area (Å²) in [6.07, 6.45) is 6.52. The summed E-state index contributed by atoms with van der Waals surface area (Å²) in [5, 5.41) is 4.76. The average Bonchev–Trinajstić information content (AvgIpc) is 3.27. The molecule has 1 N–H and O–H groups in total. The fourth-order valence-electron chi connectivity index (χ4n) is 2.75. The van der Waals surface area contributed by atoms with E-state index in [1.54, 1.807) is 12.4 Å². The van der Waals surface area contributed by atoms with E-state index in [-0.39, 0.29) is 6.10 Å². The molecule has 6 nitrogen and oxygen atoms in total. The fourth-order valence-corrected chi connectivity index (χ4v) is 3.97. The van der Waals surface area contributed by atoms with Gasteiger partial charge in [-0.1, -0.05) is 22.9 Å². The number of benzene rings is 1. The van der Waals surface area contributed by atoms with Gasteiger partial charge in [-0.25, -0.2) is 19.3 Å². The smallest absolute Gasteiger partial charge is 0.419 e. The van der Waals surface area contributed by atoms with Crippen LogP contribution in [0.1, 0.15) is 29.5 Å². The molecule has 0 saturated heterocycles. The number of fused-ring (bicyclic) bond motifs is 1. The lowest BCUT2D eigenvalue weighted by Crippen LogP contribution is -2.18. The molecule has 1 aliphatic rings. The largest absolute Gasteiger partial charge is 0.440 e. The van der Waals surface area contributed by atoms with Gasteiger partial charge in [0.25, 0.3) is 0 Å². The molecule has 1 aromatic carbocycles. The molecule has 0 saturated carbocycles. The van der Waals surface area contributed by atoms with Gasteiger partial charge in [-0.05, 0) is 43.5 Å². The Labute approximate surface area is 153 Å². The van der Waals surface area contributed by atoms with Gasteiger partial charge in [-0.15, -0.1) is 0 Å². The topological polar surface area (TPSA) is 69.0 Å². The first-order chi connectivity index (χ1) is 12.2. The Morgan fingerprint density at radius 3 is 2.96 bits per heavy atom. The number of halogens is 1. The number of thiazole rings is 1. The normalized spacial score (nSPS) is 16.3. The Hall–Kier alpha value is -2.38. The molecule has 2 aromatic heterocycles. The van der Waals surface area contributed by atoms with Crippen molar-refractivity contribution < 1.29 is 9.53 Å². The molecular weight excluding hydrogens is 360 g/mol.